The average Bonchev–Trinajstić information content (AvgIpc) is 2.45. The third kappa shape index (κ3) is 4.07. The maximum Gasteiger partial charge on any atom is 0.237 e. The first-order valence-corrected chi connectivity index (χ1v) is 7.74. The minimum absolute atomic E-state index is 0.220. The number of anilines is 1. The minimum Gasteiger partial charge on any atom is -0.325 e. The normalized spacial score (nSPS) is 12.0. The molecule has 1 atom stereocenters. The van der Waals surface area contributed by atoms with Gasteiger partial charge in [0.2, 0.25) is 5.91 Å². The molecule has 0 aliphatic rings. The second-order valence-corrected chi connectivity index (χ2v) is 6.53. The summed E-state index contributed by atoms with van der Waals surface area (Å²) in [7, 11) is 0. The van der Waals surface area contributed by atoms with Gasteiger partial charge in [-0.2, -0.15) is 0 Å². The Bertz CT molecular complexity index is 703. The summed E-state index contributed by atoms with van der Waals surface area (Å²) in [5.74, 6) is -1.51. The van der Waals surface area contributed by atoms with E-state index in [2.05, 4.69) is 5.32 Å². The summed E-state index contributed by atoms with van der Waals surface area (Å²) in [5, 5.41) is 2.35. The van der Waals surface area contributed by atoms with Gasteiger partial charge in [0.05, 0.1) is 5.25 Å². The molecule has 2 aromatic rings. The van der Waals surface area contributed by atoms with Gasteiger partial charge in [-0.15, -0.1) is 11.8 Å². The first kappa shape index (κ1) is 16.5. The molecule has 0 radical (unpaired) electrons. The van der Waals surface area contributed by atoms with Crippen LogP contribution >= 0.6 is 11.8 Å². The molecule has 2 aromatic carbocycles. The average molecular weight is 321 g/mol. The number of rotatable bonds is 4. The molecule has 0 spiro atoms. The van der Waals surface area contributed by atoms with Crippen LogP contribution in [0.1, 0.15) is 18.1 Å². The van der Waals surface area contributed by atoms with Gasteiger partial charge < -0.3 is 5.32 Å². The summed E-state index contributed by atoms with van der Waals surface area (Å²) in [4.78, 5) is 12.5. The van der Waals surface area contributed by atoms with Crippen LogP contribution in [0.15, 0.2) is 41.3 Å². The second-order valence-electron chi connectivity index (χ2n) is 5.14. The lowest BCUT2D eigenvalue weighted by atomic mass is 10.1. The van der Waals surface area contributed by atoms with Crippen LogP contribution in [0.2, 0.25) is 0 Å². The lowest BCUT2D eigenvalue weighted by Gasteiger charge is -2.14. The number of aryl methyl sites for hydroxylation is 2. The topological polar surface area (TPSA) is 29.1 Å². The van der Waals surface area contributed by atoms with Crippen LogP contribution < -0.4 is 5.32 Å². The minimum atomic E-state index is -0.656. The van der Waals surface area contributed by atoms with Crippen LogP contribution in [0, 0.1) is 25.5 Å². The number of carbonyl (C=O) groups is 1. The summed E-state index contributed by atoms with van der Waals surface area (Å²) in [6.07, 6.45) is 0. The van der Waals surface area contributed by atoms with Crippen molar-refractivity contribution in [2.24, 2.45) is 0 Å². The van der Waals surface area contributed by atoms with Gasteiger partial charge in [-0.1, -0.05) is 12.1 Å². The lowest BCUT2D eigenvalue weighted by molar-refractivity contribution is -0.115. The van der Waals surface area contributed by atoms with Crippen molar-refractivity contribution in [2.75, 3.05) is 5.32 Å². The molecule has 1 unspecified atom stereocenters. The van der Waals surface area contributed by atoms with Crippen molar-refractivity contribution >= 4 is 23.4 Å². The number of halogens is 2. The van der Waals surface area contributed by atoms with E-state index in [1.54, 1.807) is 6.92 Å². The number of hydrogen-bond donors (Lipinski definition) is 1. The van der Waals surface area contributed by atoms with E-state index in [1.165, 1.54) is 12.1 Å². The SMILES string of the molecule is Cc1ccc(C)c(NC(=O)C(C)Sc2ccc(F)cc2F)c1. The largest absolute Gasteiger partial charge is 0.325 e. The molecule has 22 heavy (non-hydrogen) atoms. The number of thioether (sulfide) groups is 1. The zero-order valence-corrected chi connectivity index (χ0v) is 13.4. The Morgan fingerprint density at radius 3 is 2.55 bits per heavy atom. The van der Waals surface area contributed by atoms with E-state index in [1.807, 2.05) is 32.0 Å². The van der Waals surface area contributed by atoms with Crippen molar-refractivity contribution < 1.29 is 13.6 Å². The van der Waals surface area contributed by atoms with Crippen LogP contribution in [0.3, 0.4) is 0 Å². The molecular weight excluding hydrogens is 304 g/mol. The molecule has 0 aliphatic heterocycles. The van der Waals surface area contributed by atoms with Gasteiger partial charge in [0.1, 0.15) is 11.6 Å². The summed E-state index contributed by atoms with van der Waals surface area (Å²) >= 11 is 1.06. The molecule has 0 saturated carbocycles. The Labute approximate surface area is 132 Å². The molecule has 2 nitrogen and oxygen atoms in total. The van der Waals surface area contributed by atoms with E-state index in [0.717, 1.165) is 34.6 Å². The van der Waals surface area contributed by atoms with E-state index in [-0.39, 0.29) is 10.8 Å². The van der Waals surface area contributed by atoms with Crippen LogP contribution in [0.4, 0.5) is 14.5 Å². The monoisotopic (exact) mass is 321 g/mol. The van der Waals surface area contributed by atoms with E-state index in [4.69, 9.17) is 0 Å². The molecular formula is C17H17F2NOS. The van der Waals surface area contributed by atoms with Gasteiger partial charge in [-0.25, -0.2) is 8.78 Å². The summed E-state index contributed by atoms with van der Waals surface area (Å²) in [5.41, 5.74) is 2.76. The highest BCUT2D eigenvalue weighted by Crippen LogP contribution is 2.27. The van der Waals surface area contributed by atoms with E-state index >= 15 is 0 Å². The number of nitrogens with one attached hydrogen (secondary N) is 1. The van der Waals surface area contributed by atoms with E-state index < -0.39 is 16.9 Å². The first-order valence-electron chi connectivity index (χ1n) is 6.86. The Kier molecular flexibility index (Phi) is 5.19. The molecule has 0 heterocycles. The molecule has 0 saturated heterocycles. The van der Waals surface area contributed by atoms with Gasteiger partial charge in [-0.05, 0) is 50.1 Å². The van der Waals surface area contributed by atoms with Crippen molar-refractivity contribution in [3.8, 4) is 0 Å². The highest BCUT2D eigenvalue weighted by atomic mass is 32.2. The molecule has 0 aromatic heterocycles. The predicted molar refractivity (Wildman–Crippen MR) is 86.2 cm³/mol. The Morgan fingerprint density at radius 1 is 1.14 bits per heavy atom. The van der Waals surface area contributed by atoms with Crippen molar-refractivity contribution in [2.45, 2.75) is 30.9 Å². The van der Waals surface area contributed by atoms with Crippen molar-refractivity contribution in [1.29, 1.82) is 0 Å². The molecule has 1 N–H and O–H groups in total. The maximum atomic E-state index is 13.6. The van der Waals surface area contributed by atoms with Crippen molar-refractivity contribution in [1.82, 2.24) is 0 Å². The molecule has 1 amide bonds. The summed E-state index contributed by atoms with van der Waals surface area (Å²) < 4.78 is 26.5. The fourth-order valence-electron chi connectivity index (χ4n) is 1.92. The number of benzene rings is 2. The third-order valence-corrected chi connectivity index (χ3v) is 4.37. The van der Waals surface area contributed by atoms with Gasteiger partial charge in [0.25, 0.3) is 0 Å². The van der Waals surface area contributed by atoms with Crippen molar-refractivity contribution in [3.05, 3.63) is 59.2 Å². The Morgan fingerprint density at radius 2 is 1.86 bits per heavy atom. The fraction of sp³-hybridized carbons (Fsp3) is 0.235. The highest BCUT2D eigenvalue weighted by molar-refractivity contribution is 8.00. The molecule has 5 heteroatoms. The van der Waals surface area contributed by atoms with Gasteiger partial charge >= 0.3 is 0 Å². The zero-order valence-electron chi connectivity index (χ0n) is 12.6. The summed E-state index contributed by atoms with van der Waals surface area (Å²) in [6, 6.07) is 9.14. The van der Waals surface area contributed by atoms with Crippen molar-refractivity contribution in [3.63, 3.8) is 0 Å². The lowest BCUT2D eigenvalue weighted by Crippen LogP contribution is -2.23. The summed E-state index contributed by atoms with van der Waals surface area (Å²) in [6.45, 7) is 5.54. The van der Waals surface area contributed by atoms with Gasteiger partial charge in [0.15, 0.2) is 0 Å². The smallest absolute Gasteiger partial charge is 0.237 e. The quantitative estimate of drug-likeness (QED) is 0.827. The third-order valence-electron chi connectivity index (χ3n) is 3.22. The Balaban J connectivity index is 2.07. The predicted octanol–water partition coefficient (Wildman–Crippen LogP) is 4.70. The van der Waals surface area contributed by atoms with Gasteiger partial charge in [-0.3, -0.25) is 4.79 Å². The number of carbonyl (C=O) groups excluding carboxylic acids is 1. The van der Waals surface area contributed by atoms with Crippen LogP contribution in [-0.4, -0.2) is 11.2 Å². The number of hydrogen-bond acceptors (Lipinski definition) is 2. The van der Waals surface area contributed by atoms with Gasteiger partial charge in [0, 0.05) is 16.6 Å². The highest BCUT2D eigenvalue weighted by Gasteiger charge is 2.17. The maximum absolute atomic E-state index is 13.6. The second kappa shape index (κ2) is 6.92. The molecule has 116 valence electrons. The molecule has 2 rings (SSSR count). The molecule has 0 aliphatic carbocycles. The van der Waals surface area contributed by atoms with E-state index in [0.29, 0.717) is 0 Å². The van der Waals surface area contributed by atoms with Crippen LogP contribution in [0.25, 0.3) is 0 Å². The van der Waals surface area contributed by atoms with Crippen LogP contribution in [0.5, 0.6) is 0 Å². The van der Waals surface area contributed by atoms with E-state index in [9.17, 15) is 13.6 Å². The van der Waals surface area contributed by atoms with Crippen LogP contribution in [-0.2, 0) is 4.79 Å². The molecule has 0 fully saturated rings. The number of amides is 1. The fourth-order valence-corrected chi connectivity index (χ4v) is 2.78. The Hall–Kier alpha value is -1.88. The zero-order chi connectivity index (χ0) is 16.3. The standard InChI is InChI=1S/C17H17F2NOS/c1-10-4-5-11(2)15(8-10)20-17(21)12(3)22-16-7-6-13(18)9-14(16)19/h4-9,12H,1-3H3,(H,20,21). The first-order chi connectivity index (χ1) is 10.4. The molecule has 0 bridgehead atoms.